The highest BCUT2D eigenvalue weighted by molar-refractivity contribution is 7.80. The second-order valence-electron chi connectivity index (χ2n) is 4.46. The fourth-order valence-corrected chi connectivity index (χ4v) is 2.25. The van der Waals surface area contributed by atoms with Crippen LogP contribution in [-0.2, 0) is 4.79 Å². The number of nitrogens with one attached hydrogen (secondary N) is 2. The first kappa shape index (κ1) is 14.8. The largest absolute Gasteiger partial charge is 0.393 e. The maximum absolute atomic E-state index is 11.8. The molecule has 0 aromatic rings. The lowest BCUT2D eigenvalue weighted by Gasteiger charge is -2.34. The van der Waals surface area contributed by atoms with Crippen LogP contribution in [0.3, 0.4) is 0 Å². The number of hydrogen-bond acceptors (Lipinski definition) is 4. The number of carbonyl (C=O) groups excluding carboxylic acids is 2. The first-order chi connectivity index (χ1) is 8.45. The number of carbonyl (C=O) groups is 2. The molecule has 0 saturated carbocycles. The van der Waals surface area contributed by atoms with Crippen molar-refractivity contribution in [2.24, 2.45) is 11.7 Å². The third kappa shape index (κ3) is 3.92. The van der Waals surface area contributed by atoms with E-state index in [0.717, 1.165) is 25.9 Å². The summed E-state index contributed by atoms with van der Waals surface area (Å²) in [6, 6.07) is -0.806. The zero-order valence-electron chi connectivity index (χ0n) is 10.7. The Morgan fingerprint density at radius 3 is 2.39 bits per heavy atom. The van der Waals surface area contributed by atoms with Crippen LogP contribution in [0.2, 0.25) is 0 Å². The van der Waals surface area contributed by atoms with Gasteiger partial charge in [0.1, 0.15) is 0 Å². The summed E-state index contributed by atoms with van der Waals surface area (Å²) in [6.45, 7) is 3.33. The van der Waals surface area contributed by atoms with E-state index in [-0.39, 0.29) is 17.9 Å². The van der Waals surface area contributed by atoms with Crippen LogP contribution in [0.4, 0.5) is 4.79 Å². The molecule has 0 bridgehead atoms. The van der Waals surface area contributed by atoms with Crippen LogP contribution in [0.1, 0.15) is 19.8 Å². The lowest BCUT2D eigenvalue weighted by molar-refractivity contribution is -0.125. The van der Waals surface area contributed by atoms with Gasteiger partial charge < -0.3 is 11.1 Å². The molecule has 3 amide bonds. The Labute approximate surface area is 112 Å². The Morgan fingerprint density at radius 2 is 1.94 bits per heavy atom. The van der Waals surface area contributed by atoms with Crippen molar-refractivity contribution >= 4 is 29.1 Å². The van der Waals surface area contributed by atoms with Gasteiger partial charge in [-0.2, -0.15) is 0 Å². The first-order valence-corrected chi connectivity index (χ1v) is 6.42. The molecule has 1 heterocycles. The Kier molecular flexibility index (Phi) is 5.49. The highest BCUT2D eigenvalue weighted by atomic mass is 32.1. The van der Waals surface area contributed by atoms with Crippen LogP contribution in [0.15, 0.2) is 0 Å². The molecule has 4 N–H and O–H groups in total. The fraction of sp³-hybridized carbons (Fsp3) is 0.727. The number of nitrogens with two attached hydrogens (primary N) is 1. The van der Waals surface area contributed by atoms with Gasteiger partial charge in [0.2, 0.25) is 5.91 Å². The van der Waals surface area contributed by atoms with Gasteiger partial charge in [-0.3, -0.25) is 15.0 Å². The summed E-state index contributed by atoms with van der Waals surface area (Å²) in [5, 5.41) is 4.63. The Balaban J connectivity index is 2.44. The zero-order chi connectivity index (χ0) is 13.7. The van der Waals surface area contributed by atoms with Crippen molar-refractivity contribution in [1.82, 2.24) is 15.5 Å². The average Bonchev–Trinajstić information content (AvgIpc) is 2.37. The van der Waals surface area contributed by atoms with E-state index in [1.807, 2.05) is 4.90 Å². The van der Waals surface area contributed by atoms with Crippen molar-refractivity contribution in [2.45, 2.75) is 25.8 Å². The number of urea groups is 1. The fourth-order valence-electron chi connectivity index (χ4n) is 2.02. The number of amides is 3. The molecular formula is C11H20N4O2S. The summed E-state index contributed by atoms with van der Waals surface area (Å²) in [5.41, 5.74) is 5.61. The van der Waals surface area contributed by atoms with E-state index in [9.17, 15) is 9.59 Å². The molecule has 1 saturated heterocycles. The maximum atomic E-state index is 11.8. The predicted octanol–water partition coefficient (Wildman–Crippen LogP) is -0.171. The molecule has 0 aromatic heterocycles. The van der Waals surface area contributed by atoms with Crippen molar-refractivity contribution in [3.05, 3.63) is 0 Å². The maximum Gasteiger partial charge on any atom is 0.321 e. The number of rotatable bonds is 3. The van der Waals surface area contributed by atoms with E-state index in [4.69, 9.17) is 18.0 Å². The predicted molar refractivity (Wildman–Crippen MR) is 73.1 cm³/mol. The van der Waals surface area contributed by atoms with Crippen LogP contribution >= 0.6 is 12.2 Å². The molecule has 0 spiro atoms. The molecule has 0 aromatic carbocycles. The second kappa shape index (κ2) is 6.65. The highest BCUT2D eigenvalue weighted by Crippen LogP contribution is 2.19. The summed E-state index contributed by atoms with van der Waals surface area (Å²) >= 11 is 4.97. The SMILES string of the molecule is CNC(=O)NC(=O)C(C)N1CCC(C(N)=S)CC1. The van der Waals surface area contributed by atoms with E-state index < -0.39 is 6.03 Å². The van der Waals surface area contributed by atoms with E-state index in [2.05, 4.69) is 10.6 Å². The van der Waals surface area contributed by atoms with Crippen LogP contribution in [0.5, 0.6) is 0 Å². The molecule has 0 radical (unpaired) electrons. The Morgan fingerprint density at radius 1 is 1.39 bits per heavy atom. The molecule has 102 valence electrons. The molecule has 1 aliphatic heterocycles. The summed E-state index contributed by atoms with van der Waals surface area (Å²) in [5.74, 6) is -0.0198. The summed E-state index contributed by atoms with van der Waals surface area (Å²) < 4.78 is 0. The van der Waals surface area contributed by atoms with E-state index in [1.165, 1.54) is 7.05 Å². The minimum atomic E-state index is -0.482. The smallest absolute Gasteiger partial charge is 0.321 e. The second-order valence-corrected chi connectivity index (χ2v) is 4.93. The third-order valence-electron chi connectivity index (χ3n) is 3.32. The number of likely N-dealkylation sites (tertiary alicyclic amines) is 1. The van der Waals surface area contributed by atoms with Crippen LogP contribution < -0.4 is 16.4 Å². The summed E-state index contributed by atoms with van der Waals surface area (Å²) in [4.78, 5) is 25.4. The van der Waals surface area contributed by atoms with Gasteiger partial charge >= 0.3 is 6.03 Å². The zero-order valence-corrected chi connectivity index (χ0v) is 11.5. The molecule has 7 heteroatoms. The molecule has 1 atom stereocenters. The van der Waals surface area contributed by atoms with Crippen LogP contribution in [0.25, 0.3) is 0 Å². The van der Waals surface area contributed by atoms with Gasteiger partial charge in [0.05, 0.1) is 11.0 Å². The molecule has 1 rings (SSSR count). The monoisotopic (exact) mass is 272 g/mol. The summed E-state index contributed by atoms with van der Waals surface area (Å²) in [6.07, 6.45) is 1.74. The molecule has 1 fully saturated rings. The van der Waals surface area contributed by atoms with Crippen LogP contribution in [0, 0.1) is 5.92 Å². The number of imide groups is 1. The minimum absolute atomic E-state index is 0.269. The first-order valence-electron chi connectivity index (χ1n) is 6.01. The quantitative estimate of drug-likeness (QED) is 0.621. The van der Waals surface area contributed by atoms with Gasteiger partial charge in [0.15, 0.2) is 0 Å². The van der Waals surface area contributed by atoms with Crippen molar-refractivity contribution in [3.63, 3.8) is 0 Å². The Bertz CT molecular complexity index is 340. The molecule has 0 aliphatic carbocycles. The van der Waals surface area contributed by atoms with Gasteiger partial charge in [-0.1, -0.05) is 12.2 Å². The van der Waals surface area contributed by atoms with Crippen LogP contribution in [-0.4, -0.2) is 48.0 Å². The summed E-state index contributed by atoms with van der Waals surface area (Å²) in [7, 11) is 1.47. The number of hydrogen-bond donors (Lipinski definition) is 3. The van der Waals surface area contributed by atoms with Gasteiger partial charge in [-0.25, -0.2) is 4.79 Å². The third-order valence-corrected chi connectivity index (χ3v) is 3.66. The van der Waals surface area contributed by atoms with Crippen molar-refractivity contribution < 1.29 is 9.59 Å². The van der Waals surface area contributed by atoms with Crippen molar-refractivity contribution in [3.8, 4) is 0 Å². The molecular weight excluding hydrogens is 252 g/mol. The van der Waals surface area contributed by atoms with Crippen molar-refractivity contribution in [1.29, 1.82) is 0 Å². The minimum Gasteiger partial charge on any atom is -0.393 e. The van der Waals surface area contributed by atoms with Gasteiger partial charge in [-0.15, -0.1) is 0 Å². The number of nitrogens with zero attached hydrogens (tertiary/aromatic N) is 1. The topological polar surface area (TPSA) is 87.5 Å². The lowest BCUT2D eigenvalue weighted by atomic mass is 9.96. The van der Waals surface area contributed by atoms with Gasteiger partial charge in [-0.05, 0) is 32.9 Å². The van der Waals surface area contributed by atoms with E-state index in [0.29, 0.717) is 4.99 Å². The van der Waals surface area contributed by atoms with Crippen molar-refractivity contribution in [2.75, 3.05) is 20.1 Å². The van der Waals surface area contributed by atoms with Gasteiger partial charge in [0, 0.05) is 13.0 Å². The lowest BCUT2D eigenvalue weighted by Crippen LogP contribution is -2.51. The highest BCUT2D eigenvalue weighted by Gasteiger charge is 2.28. The van der Waals surface area contributed by atoms with E-state index in [1.54, 1.807) is 6.92 Å². The standard InChI is InChI=1S/C11H20N4O2S/c1-7(10(16)14-11(17)13-2)15-5-3-8(4-6-15)9(12)18/h7-8H,3-6H2,1-2H3,(H2,12,18)(H2,13,14,16,17). The molecule has 18 heavy (non-hydrogen) atoms. The molecule has 1 unspecified atom stereocenters. The number of piperidine rings is 1. The molecule has 6 nitrogen and oxygen atoms in total. The van der Waals surface area contributed by atoms with Gasteiger partial charge in [0.25, 0.3) is 0 Å². The van der Waals surface area contributed by atoms with E-state index >= 15 is 0 Å². The normalized spacial score (nSPS) is 19.0. The number of thiocarbonyl (C=S) groups is 1. The Hall–Kier alpha value is -1.21. The average molecular weight is 272 g/mol. The molecule has 1 aliphatic rings.